The van der Waals surface area contributed by atoms with Gasteiger partial charge in [-0.3, -0.25) is 14.4 Å². The normalized spacial score (nSPS) is 13.5. The highest BCUT2D eigenvalue weighted by Crippen LogP contribution is 2.37. The second-order valence-corrected chi connectivity index (χ2v) is 6.00. The summed E-state index contributed by atoms with van der Waals surface area (Å²) in [5, 5.41) is 21.7. The molecule has 1 aliphatic rings. The summed E-state index contributed by atoms with van der Waals surface area (Å²) in [5.74, 6) is -3.93. The topological polar surface area (TPSA) is 139 Å². The fraction of sp³-hybridized carbons (Fsp3) is 0.222. The summed E-state index contributed by atoms with van der Waals surface area (Å²) in [6.45, 7) is 0. The lowest BCUT2D eigenvalue weighted by Crippen LogP contribution is -2.30. The minimum atomic E-state index is -0.900. The molecule has 0 aliphatic heterocycles. The molecule has 0 fully saturated rings. The number of phenols is 2. The van der Waals surface area contributed by atoms with Crippen LogP contribution in [0.3, 0.4) is 0 Å². The second-order valence-electron chi connectivity index (χ2n) is 5.62. The quantitative estimate of drug-likeness (QED) is 0.469. The third-order valence-corrected chi connectivity index (χ3v) is 4.27. The van der Waals surface area contributed by atoms with Crippen molar-refractivity contribution in [2.75, 3.05) is 14.2 Å². The molecule has 0 unspecified atom stereocenters. The highest BCUT2D eigenvalue weighted by molar-refractivity contribution is 6.33. The Morgan fingerprint density at radius 3 is 2.39 bits per heavy atom. The zero-order valence-corrected chi connectivity index (χ0v) is 15.6. The molecule has 0 bridgehead atoms. The van der Waals surface area contributed by atoms with Gasteiger partial charge in [0.05, 0.1) is 24.9 Å². The number of methoxy groups -OCH3 is 2. The third kappa shape index (κ3) is 4.32. The summed E-state index contributed by atoms with van der Waals surface area (Å²) in [4.78, 5) is 47.7. The smallest absolute Gasteiger partial charge is 0.341 e. The molecule has 0 spiro atoms. The third-order valence-electron chi connectivity index (χ3n) is 3.85. The molecule has 0 heterocycles. The van der Waals surface area contributed by atoms with E-state index >= 15 is 0 Å². The molecule has 1 amide bonds. The monoisotopic (exact) mass is 409 g/mol. The number of benzene rings is 1. The van der Waals surface area contributed by atoms with Gasteiger partial charge in [0.1, 0.15) is 17.1 Å². The molecule has 0 aromatic heterocycles. The van der Waals surface area contributed by atoms with Crippen molar-refractivity contribution in [1.82, 2.24) is 5.32 Å². The van der Waals surface area contributed by atoms with Gasteiger partial charge in [0, 0.05) is 24.6 Å². The summed E-state index contributed by atoms with van der Waals surface area (Å²) < 4.78 is 9.32. The van der Waals surface area contributed by atoms with E-state index in [4.69, 9.17) is 16.3 Å². The van der Waals surface area contributed by atoms with Crippen LogP contribution in [-0.4, -0.2) is 47.9 Å². The van der Waals surface area contributed by atoms with Crippen LogP contribution in [0.5, 0.6) is 11.5 Å². The van der Waals surface area contributed by atoms with Crippen LogP contribution in [0.25, 0.3) is 0 Å². The Morgan fingerprint density at radius 1 is 1.11 bits per heavy atom. The molecule has 1 aromatic carbocycles. The number of nitrogens with one attached hydrogen (secondary N) is 1. The predicted octanol–water partition coefficient (Wildman–Crippen LogP) is 1.15. The molecular weight excluding hydrogens is 394 g/mol. The summed E-state index contributed by atoms with van der Waals surface area (Å²) >= 11 is 5.99. The van der Waals surface area contributed by atoms with Crippen molar-refractivity contribution in [2.45, 2.75) is 12.8 Å². The van der Waals surface area contributed by atoms with E-state index in [0.717, 1.165) is 25.3 Å². The average molecular weight is 410 g/mol. The maximum atomic E-state index is 12.2. The maximum Gasteiger partial charge on any atom is 0.341 e. The van der Waals surface area contributed by atoms with Crippen molar-refractivity contribution < 1.29 is 38.9 Å². The zero-order chi connectivity index (χ0) is 21.0. The molecule has 10 heteroatoms. The van der Waals surface area contributed by atoms with Crippen LogP contribution in [0.15, 0.2) is 29.7 Å². The summed E-state index contributed by atoms with van der Waals surface area (Å²) in [5.41, 5.74) is -0.509. The van der Waals surface area contributed by atoms with Gasteiger partial charge in [-0.25, -0.2) is 4.79 Å². The lowest BCUT2D eigenvalue weighted by molar-refractivity contribution is -0.122. The van der Waals surface area contributed by atoms with E-state index in [1.165, 1.54) is 7.11 Å². The summed E-state index contributed by atoms with van der Waals surface area (Å²) in [6, 6.07) is 0.884. The first-order chi connectivity index (χ1) is 13.2. The van der Waals surface area contributed by atoms with E-state index < -0.39 is 34.9 Å². The number of aromatic hydroxyl groups is 2. The van der Waals surface area contributed by atoms with Crippen LogP contribution in [0, 0.1) is 0 Å². The average Bonchev–Trinajstić information content (AvgIpc) is 2.65. The van der Waals surface area contributed by atoms with E-state index in [0.29, 0.717) is 0 Å². The number of carbonyl (C=O) groups is 4. The molecule has 0 radical (unpaired) electrons. The van der Waals surface area contributed by atoms with Gasteiger partial charge in [-0.2, -0.15) is 0 Å². The second kappa shape index (κ2) is 8.57. The fourth-order valence-electron chi connectivity index (χ4n) is 2.50. The number of hydrogen-bond donors (Lipinski definition) is 3. The first kappa shape index (κ1) is 21.0. The van der Waals surface area contributed by atoms with E-state index in [1.807, 2.05) is 0 Å². The summed E-state index contributed by atoms with van der Waals surface area (Å²) in [7, 11) is 2.33. The number of esters is 1. The minimum absolute atomic E-state index is 0.00255. The number of amides is 1. The van der Waals surface area contributed by atoms with Crippen LogP contribution in [0.1, 0.15) is 22.3 Å². The highest BCUT2D eigenvalue weighted by atomic mass is 35.5. The lowest BCUT2D eigenvalue weighted by atomic mass is 10.0. The van der Waals surface area contributed by atoms with Gasteiger partial charge < -0.3 is 25.0 Å². The molecule has 1 aliphatic carbocycles. The number of hydrogen-bond acceptors (Lipinski definition) is 8. The number of halogens is 1. The Morgan fingerprint density at radius 2 is 1.79 bits per heavy atom. The first-order valence-electron chi connectivity index (χ1n) is 7.87. The fourth-order valence-corrected chi connectivity index (χ4v) is 2.74. The van der Waals surface area contributed by atoms with Crippen LogP contribution >= 0.6 is 11.6 Å². The predicted molar refractivity (Wildman–Crippen MR) is 95.8 cm³/mol. The molecule has 0 saturated carbocycles. The zero-order valence-electron chi connectivity index (χ0n) is 14.9. The Kier molecular flexibility index (Phi) is 6.42. The number of ketones is 2. The molecule has 0 atom stereocenters. The molecule has 0 saturated heterocycles. The van der Waals surface area contributed by atoms with Gasteiger partial charge in [0.2, 0.25) is 17.5 Å². The van der Waals surface area contributed by atoms with Crippen molar-refractivity contribution >= 4 is 35.0 Å². The Balaban J connectivity index is 2.17. The molecule has 148 valence electrons. The minimum Gasteiger partial charge on any atom is -0.507 e. The standard InChI is InChI=1S/C18H16ClNO8/c1-27-14-7-10(21)9(5-11(14)22)20-15(25)4-3-8-16(18(26)28-2)12(23)6-13(24)17(8)19/h5-7,23-24H,3-4H2,1-2H3,(H,20,25). The largest absolute Gasteiger partial charge is 0.507 e. The molecular formula is C18H16ClNO8. The number of ether oxygens (including phenoxy) is 2. The molecule has 1 aromatic rings. The first-order valence-corrected chi connectivity index (χ1v) is 8.24. The number of carbonyl (C=O) groups excluding carboxylic acids is 4. The number of phenolic OH excluding ortho intramolecular Hbond substituents is 2. The van der Waals surface area contributed by atoms with E-state index in [2.05, 4.69) is 10.1 Å². The van der Waals surface area contributed by atoms with Gasteiger partial charge in [-0.1, -0.05) is 11.6 Å². The Bertz CT molecular complexity index is 932. The SMILES string of the molecule is COC(=O)c1c(O)cc(O)c(Cl)c1CCC(=O)NC1=CC(=O)C(OC)=CC1=O. The molecule has 3 N–H and O–H groups in total. The van der Waals surface area contributed by atoms with E-state index in [1.54, 1.807) is 0 Å². The maximum absolute atomic E-state index is 12.2. The number of rotatable bonds is 6. The van der Waals surface area contributed by atoms with Crippen LogP contribution < -0.4 is 5.32 Å². The summed E-state index contributed by atoms with van der Waals surface area (Å²) in [6.07, 6.45) is 1.46. The van der Waals surface area contributed by atoms with Gasteiger partial charge in [0.15, 0.2) is 5.76 Å². The van der Waals surface area contributed by atoms with Gasteiger partial charge in [-0.05, 0) is 12.0 Å². The van der Waals surface area contributed by atoms with Gasteiger partial charge in [0.25, 0.3) is 0 Å². The Labute approximate surface area is 164 Å². The van der Waals surface area contributed by atoms with E-state index in [9.17, 15) is 29.4 Å². The van der Waals surface area contributed by atoms with Crippen molar-refractivity contribution in [3.05, 3.63) is 45.8 Å². The van der Waals surface area contributed by atoms with Crippen molar-refractivity contribution in [3.8, 4) is 11.5 Å². The number of allylic oxidation sites excluding steroid dienone is 2. The van der Waals surface area contributed by atoms with Crippen LogP contribution in [0.2, 0.25) is 5.02 Å². The van der Waals surface area contributed by atoms with Crippen LogP contribution in [0.4, 0.5) is 0 Å². The van der Waals surface area contributed by atoms with Crippen molar-refractivity contribution in [3.63, 3.8) is 0 Å². The van der Waals surface area contributed by atoms with E-state index in [-0.39, 0.29) is 40.4 Å². The van der Waals surface area contributed by atoms with Crippen molar-refractivity contribution in [1.29, 1.82) is 0 Å². The van der Waals surface area contributed by atoms with Gasteiger partial charge >= 0.3 is 5.97 Å². The van der Waals surface area contributed by atoms with Gasteiger partial charge in [-0.15, -0.1) is 0 Å². The molecule has 28 heavy (non-hydrogen) atoms. The Hall–Kier alpha value is -3.33. The molecule has 2 rings (SSSR count). The van der Waals surface area contributed by atoms with Crippen LogP contribution in [-0.2, 0) is 30.3 Å². The highest BCUT2D eigenvalue weighted by Gasteiger charge is 2.25. The molecule has 9 nitrogen and oxygen atoms in total. The van der Waals surface area contributed by atoms with Crippen molar-refractivity contribution in [2.24, 2.45) is 0 Å². The lowest BCUT2D eigenvalue weighted by Gasteiger charge is -2.14.